The quantitative estimate of drug-likeness (QED) is 0.804. The standard InChI is InChI=1S/C15H21FN2O2/c1-3-18(13-6-4-5-11(16)9-13)10-15(2,14(19)20)17-12-7-8-12/h4-6,9,12,17H,3,7-8,10H2,1-2H3,(H,19,20). The molecule has 2 rings (SSSR count). The first-order valence-electron chi connectivity index (χ1n) is 6.96. The van der Waals surface area contributed by atoms with Crippen LogP contribution in [0.2, 0.25) is 0 Å². The number of anilines is 1. The summed E-state index contributed by atoms with van der Waals surface area (Å²) in [4.78, 5) is 13.5. The second-order valence-corrected chi connectivity index (χ2v) is 5.55. The van der Waals surface area contributed by atoms with Crippen LogP contribution in [-0.2, 0) is 4.79 Å². The third-order valence-corrected chi connectivity index (χ3v) is 3.63. The van der Waals surface area contributed by atoms with Gasteiger partial charge < -0.3 is 10.0 Å². The van der Waals surface area contributed by atoms with Crippen LogP contribution in [0, 0.1) is 5.82 Å². The Bertz CT molecular complexity index is 491. The highest BCUT2D eigenvalue weighted by Gasteiger charge is 2.39. The Kier molecular flexibility index (Phi) is 4.28. The van der Waals surface area contributed by atoms with Crippen LogP contribution in [0.25, 0.3) is 0 Å². The molecule has 0 saturated heterocycles. The lowest BCUT2D eigenvalue weighted by Crippen LogP contribution is -2.57. The van der Waals surface area contributed by atoms with Crippen LogP contribution in [0.1, 0.15) is 26.7 Å². The van der Waals surface area contributed by atoms with Gasteiger partial charge in [-0.05, 0) is 44.9 Å². The van der Waals surface area contributed by atoms with Crippen molar-refractivity contribution in [3.05, 3.63) is 30.1 Å². The van der Waals surface area contributed by atoms with E-state index in [-0.39, 0.29) is 5.82 Å². The summed E-state index contributed by atoms with van der Waals surface area (Å²) in [6.07, 6.45) is 2.05. The number of carbonyl (C=O) groups is 1. The summed E-state index contributed by atoms with van der Waals surface area (Å²) >= 11 is 0. The first kappa shape index (κ1) is 14.8. The van der Waals surface area contributed by atoms with Crippen LogP contribution >= 0.6 is 0 Å². The van der Waals surface area contributed by atoms with Crippen LogP contribution in [0.3, 0.4) is 0 Å². The first-order chi connectivity index (χ1) is 9.44. The molecule has 0 bridgehead atoms. The van der Waals surface area contributed by atoms with Gasteiger partial charge in [0.05, 0.1) is 0 Å². The molecule has 0 spiro atoms. The van der Waals surface area contributed by atoms with E-state index in [2.05, 4.69) is 5.32 Å². The zero-order chi connectivity index (χ0) is 14.8. The van der Waals surface area contributed by atoms with E-state index in [0.29, 0.717) is 24.8 Å². The predicted octanol–water partition coefficient (Wildman–Crippen LogP) is 2.25. The van der Waals surface area contributed by atoms with Gasteiger partial charge in [0.1, 0.15) is 11.4 Å². The van der Waals surface area contributed by atoms with E-state index in [1.807, 2.05) is 11.8 Å². The summed E-state index contributed by atoms with van der Waals surface area (Å²) in [5, 5.41) is 12.7. The maximum Gasteiger partial charge on any atom is 0.325 e. The maximum absolute atomic E-state index is 13.3. The third-order valence-electron chi connectivity index (χ3n) is 3.63. The van der Waals surface area contributed by atoms with Crippen molar-refractivity contribution in [1.82, 2.24) is 5.32 Å². The predicted molar refractivity (Wildman–Crippen MR) is 76.5 cm³/mol. The highest BCUT2D eigenvalue weighted by Crippen LogP contribution is 2.25. The van der Waals surface area contributed by atoms with Gasteiger partial charge in [-0.25, -0.2) is 4.39 Å². The number of nitrogens with one attached hydrogen (secondary N) is 1. The number of halogens is 1. The molecule has 0 aliphatic heterocycles. The molecule has 4 nitrogen and oxygen atoms in total. The van der Waals surface area contributed by atoms with E-state index in [1.54, 1.807) is 19.1 Å². The number of benzene rings is 1. The lowest BCUT2D eigenvalue weighted by Gasteiger charge is -2.34. The lowest BCUT2D eigenvalue weighted by molar-refractivity contribution is -0.143. The number of rotatable bonds is 7. The normalized spacial score (nSPS) is 17.6. The molecule has 5 heteroatoms. The molecule has 1 aliphatic rings. The minimum atomic E-state index is -1.02. The molecule has 0 amide bonds. The molecule has 1 saturated carbocycles. The fourth-order valence-corrected chi connectivity index (χ4v) is 2.29. The summed E-state index contributed by atoms with van der Waals surface area (Å²) < 4.78 is 13.3. The number of carboxylic acids is 1. The van der Waals surface area contributed by atoms with Gasteiger partial charge >= 0.3 is 5.97 Å². The number of aliphatic carboxylic acids is 1. The van der Waals surface area contributed by atoms with Gasteiger partial charge in [-0.1, -0.05) is 6.07 Å². The van der Waals surface area contributed by atoms with Gasteiger partial charge in [0, 0.05) is 24.8 Å². The van der Waals surface area contributed by atoms with Gasteiger partial charge in [0.2, 0.25) is 0 Å². The number of nitrogens with zero attached hydrogens (tertiary/aromatic N) is 1. The summed E-state index contributed by atoms with van der Waals surface area (Å²) in [6.45, 7) is 4.55. The van der Waals surface area contributed by atoms with Crippen molar-refractivity contribution in [2.24, 2.45) is 0 Å². The number of likely N-dealkylation sites (N-methyl/N-ethyl adjacent to an activating group) is 1. The molecule has 0 aromatic heterocycles. The average molecular weight is 280 g/mol. The fraction of sp³-hybridized carbons (Fsp3) is 0.533. The molecule has 1 unspecified atom stereocenters. The minimum absolute atomic E-state index is 0.294. The van der Waals surface area contributed by atoms with E-state index >= 15 is 0 Å². The smallest absolute Gasteiger partial charge is 0.325 e. The Labute approximate surface area is 118 Å². The van der Waals surface area contributed by atoms with E-state index in [1.165, 1.54) is 12.1 Å². The molecule has 20 heavy (non-hydrogen) atoms. The highest BCUT2D eigenvalue weighted by molar-refractivity contribution is 5.79. The van der Waals surface area contributed by atoms with Crippen molar-refractivity contribution in [1.29, 1.82) is 0 Å². The molecule has 1 aliphatic carbocycles. The van der Waals surface area contributed by atoms with Crippen LogP contribution < -0.4 is 10.2 Å². The fourth-order valence-electron chi connectivity index (χ4n) is 2.29. The summed E-state index contributed by atoms with van der Waals surface area (Å²) in [5.41, 5.74) is -0.318. The van der Waals surface area contributed by atoms with Gasteiger partial charge in [0.15, 0.2) is 0 Å². The SMILES string of the molecule is CCN(CC(C)(NC1CC1)C(=O)O)c1cccc(F)c1. The molecule has 0 radical (unpaired) electrons. The zero-order valence-corrected chi connectivity index (χ0v) is 11.9. The molecule has 1 atom stereocenters. The monoisotopic (exact) mass is 280 g/mol. The molecule has 1 aromatic rings. The first-order valence-corrected chi connectivity index (χ1v) is 6.96. The van der Waals surface area contributed by atoms with Crippen molar-refractivity contribution in [2.45, 2.75) is 38.3 Å². The van der Waals surface area contributed by atoms with Gasteiger partial charge in [-0.2, -0.15) is 0 Å². The molecular weight excluding hydrogens is 259 g/mol. The van der Waals surface area contributed by atoms with Crippen LogP contribution in [-0.4, -0.2) is 35.7 Å². The van der Waals surface area contributed by atoms with Crippen LogP contribution in [0.4, 0.5) is 10.1 Å². The molecule has 2 N–H and O–H groups in total. The van der Waals surface area contributed by atoms with Crippen molar-refractivity contribution >= 4 is 11.7 Å². The van der Waals surface area contributed by atoms with Crippen molar-refractivity contribution in [3.63, 3.8) is 0 Å². The van der Waals surface area contributed by atoms with E-state index in [9.17, 15) is 14.3 Å². The van der Waals surface area contributed by atoms with Gasteiger partial charge in [-0.3, -0.25) is 10.1 Å². The molecular formula is C15H21FN2O2. The van der Waals surface area contributed by atoms with E-state index in [4.69, 9.17) is 0 Å². The summed E-state index contributed by atoms with van der Waals surface area (Å²) in [5.74, 6) is -1.19. The second-order valence-electron chi connectivity index (χ2n) is 5.55. The Morgan fingerprint density at radius 2 is 2.25 bits per heavy atom. The van der Waals surface area contributed by atoms with Crippen molar-refractivity contribution < 1.29 is 14.3 Å². The Balaban J connectivity index is 2.16. The summed E-state index contributed by atoms with van der Waals surface area (Å²) in [7, 11) is 0. The molecule has 110 valence electrons. The Morgan fingerprint density at radius 3 is 2.75 bits per heavy atom. The van der Waals surface area contributed by atoms with Crippen LogP contribution in [0.5, 0.6) is 0 Å². The Hall–Kier alpha value is -1.62. The highest BCUT2D eigenvalue weighted by atomic mass is 19.1. The van der Waals surface area contributed by atoms with Crippen molar-refractivity contribution in [3.8, 4) is 0 Å². The number of carboxylic acid groups (broad SMARTS) is 1. The lowest BCUT2D eigenvalue weighted by atomic mass is 10.0. The average Bonchev–Trinajstić information content (AvgIpc) is 3.19. The number of hydrogen-bond acceptors (Lipinski definition) is 3. The van der Waals surface area contributed by atoms with E-state index in [0.717, 1.165) is 12.8 Å². The summed E-state index contributed by atoms with van der Waals surface area (Å²) in [6, 6.07) is 6.55. The maximum atomic E-state index is 13.3. The van der Waals surface area contributed by atoms with E-state index < -0.39 is 11.5 Å². The third kappa shape index (κ3) is 3.48. The van der Waals surface area contributed by atoms with Crippen molar-refractivity contribution in [2.75, 3.05) is 18.0 Å². The molecule has 1 aromatic carbocycles. The molecule has 1 fully saturated rings. The molecule has 0 heterocycles. The van der Waals surface area contributed by atoms with Gasteiger partial charge in [-0.15, -0.1) is 0 Å². The second kappa shape index (κ2) is 5.79. The number of hydrogen-bond donors (Lipinski definition) is 2. The Morgan fingerprint density at radius 1 is 1.55 bits per heavy atom. The topological polar surface area (TPSA) is 52.6 Å². The van der Waals surface area contributed by atoms with Crippen LogP contribution in [0.15, 0.2) is 24.3 Å². The minimum Gasteiger partial charge on any atom is -0.480 e. The largest absolute Gasteiger partial charge is 0.480 e. The van der Waals surface area contributed by atoms with Gasteiger partial charge in [0.25, 0.3) is 0 Å². The zero-order valence-electron chi connectivity index (χ0n) is 11.9.